The molecule has 2 heterocycles. The van der Waals surface area contributed by atoms with E-state index in [1.165, 1.54) is 54.7 Å². The highest BCUT2D eigenvalue weighted by atomic mass is 35.5. The summed E-state index contributed by atoms with van der Waals surface area (Å²) < 4.78 is 3.69. The average molecular weight is 557 g/mol. The number of halogens is 1. The normalized spacial score (nSPS) is 19.2. The molecule has 5 rings (SSSR count). The van der Waals surface area contributed by atoms with Gasteiger partial charge in [-0.2, -0.15) is 0 Å². The van der Waals surface area contributed by atoms with Gasteiger partial charge in [-0.25, -0.2) is 0 Å². The molecule has 2 aromatic carbocycles. The van der Waals surface area contributed by atoms with Crippen molar-refractivity contribution in [3.05, 3.63) is 53.1 Å². The van der Waals surface area contributed by atoms with Crippen LogP contribution in [0.1, 0.15) is 71.3 Å². The van der Waals surface area contributed by atoms with Gasteiger partial charge in [0.25, 0.3) is 0 Å². The number of amides is 1. The standard InChI is InChI=1S/C29H39ClN4OS.C2H6/c1-22(34-16-6-7-23-21-24(30)10-15-28(23)34)29(35)33-19-17-32(18-20-33)26-11-13-27(14-12-26)36-31-25-8-4-2-3-5-9-25;1-2/h10-15,21-22,25,31H,2-9,16-20H2,1H3;1-2H3. The minimum Gasteiger partial charge on any atom is -0.368 e. The lowest BCUT2D eigenvalue weighted by atomic mass is 10.00. The molecule has 1 aliphatic carbocycles. The molecular weight excluding hydrogens is 512 g/mol. The van der Waals surface area contributed by atoms with Gasteiger partial charge in [0.1, 0.15) is 6.04 Å². The minimum atomic E-state index is -0.158. The van der Waals surface area contributed by atoms with Crippen LogP contribution in [-0.4, -0.2) is 55.6 Å². The van der Waals surface area contributed by atoms with E-state index in [-0.39, 0.29) is 11.9 Å². The fraction of sp³-hybridized carbons (Fsp3) is 0.581. The van der Waals surface area contributed by atoms with Gasteiger partial charge in [-0.05, 0) is 92.6 Å². The zero-order valence-corrected chi connectivity index (χ0v) is 25.0. The van der Waals surface area contributed by atoms with Crippen LogP contribution >= 0.6 is 23.5 Å². The molecule has 1 atom stereocenters. The molecule has 38 heavy (non-hydrogen) atoms. The number of nitrogens with zero attached hydrogens (tertiary/aromatic N) is 3. The first kappa shape index (κ1) is 29.1. The second kappa shape index (κ2) is 14.5. The highest BCUT2D eigenvalue weighted by Crippen LogP contribution is 2.32. The summed E-state index contributed by atoms with van der Waals surface area (Å²) >= 11 is 7.99. The summed E-state index contributed by atoms with van der Waals surface area (Å²) in [5.41, 5.74) is 3.66. The van der Waals surface area contributed by atoms with E-state index in [4.69, 9.17) is 11.6 Å². The van der Waals surface area contributed by atoms with Gasteiger partial charge in [-0.1, -0.05) is 51.1 Å². The van der Waals surface area contributed by atoms with Gasteiger partial charge in [0, 0.05) is 60.1 Å². The smallest absolute Gasteiger partial charge is 0.245 e. The first-order valence-electron chi connectivity index (χ1n) is 14.7. The van der Waals surface area contributed by atoms with E-state index < -0.39 is 0 Å². The lowest BCUT2D eigenvalue weighted by Crippen LogP contribution is -2.55. The molecule has 1 saturated carbocycles. The van der Waals surface area contributed by atoms with Crippen LogP contribution in [-0.2, 0) is 11.2 Å². The Morgan fingerprint density at radius 3 is 2.29 bits per heavy atom. The Kier molecular flexibility index (Phi) is 11.1. The van der Waals surface area contributed by atoms with Gasteiger partial charge < -0.3 is 14.7 Å². The van der Waals surface area contributed by atoms with E-state index in [2.05, 4.69) is 57.8 Å². The molecule has 1 N–H and O–H groups in total. The average Bonchev–Trinajstić information content (AvgIpc) is 3.25. The van der Waals surface area contributed by atoms with Crippen molar-refractivity contribution in [2.45, 2.75) is 89.1 Å². The van der Waals surface area contributed by atoms with E-state index in [1.807, 2.05) is 24.8 Å². The van der Waals surface area contributed by atoms with Gasteiger partial charge in [0.05, 0.1) is 0 Å². The predicted molar refractivity (Wildman–Crippen MR) is 164 cm³/mol. The summed E-state index contributed by atoms with van der Waals surface area (Å²) in [6, 6.07) is 15.5. The number of rotatable bonds is 6. The Morgan fingerprint density at radius 2 is 1.61 bits per heavy atom. The second-order valence-electron chi connectivity index (χ2n) is 10.5. The van der Waals surface area contributed by atoms with E-state index in [1.54, 1.807) is 11.9 Å². The van der Waals surface area contributed by atoms with Crippen LogP contribution in [0.15, 0.2) is 47.4 Å². The molecule has 1 amide bonds. The number of hydrogen-bond donors (Lipinski definition) is 1. The third-order valence-corrected chi connectivity index (χ3v) is 9.21. The SMILES string of the molecule is CC.CC(C(=O)N1CCN(c2ccc(SNC3CCCCCC3)cc2)CC1)N1CCCc2cc(Cl)ccc21. The summed E-state index contributed by atoms with van der Waals surface area (Å²) in [5.74, 6) is 0.230. The van der Waals surface area contributed by atoms with E-state index in [0.717, 1.165) is 56.3 Å². The topological polar surface area (TPSA) is 38.8 Å². The minimum absolute atomic E-state index is 0.158. The molecule has 2 aliphatic heterocycles. The van der Waals surface area contributed by atoms with Gasteiger partial charge in [-0.3, -0.25) is 9.52 Å². The Labute approximate surface area is 239 Å². The van der Waals surface area contributed by atoms with Crippen LogP contribution in [0.2, 0.25) is 5.02 Å². The Bertz CT molecular complexity index is 1020. The van der Waals surface area contributed by atoms with Crippen molar-refractivity contribution in [2.75, 3.05) is 42.5 Å². The van der Waals surface area contributed by atoms with Crippen molar-refractivity contribution in [1.29, 1.82) is 0 Å². The maximum absolute atomic E-state index is 13.4. The molecule has 3 aliphatic rings. The molecule has 208 valence electrons. The largest absolute Gasteiger partial charge is 0.368 e. The van der Waals surface area contributed by atoms with E-state index in [0.29, 0.717) is 6.04 Å². The number of carbonyl (C=O) groups is 1. The summed E-state index contributed by atoms with van der Waals surface area (Å²) in [5, 5.41) is 0.772. The summed E-state index contributed by atoms with van der Waals surface area (Å²) in [7, 11) is 0. The molecule has 0 radical (unpaired) electrons. The van der Waals surface area contributed by atoms with Gasteiger partial charge in [-0.15, -0.1) is 0 Å². The third-order valence-electron chi connectivity index (χ3n) is 8.01. The fourth-order valence-electron chi connectivity index (χ4n) is 5.85. The van der Waals surface area contributed by atoms with Crippen molar-refractivity contribution in [3.63, 3.8) is 0 Å². The molecule has 0 bridgehead atoms. The van der Waals surface area contributed by atoms with Crippen LogP contribution in [0.4, 0.5) is 11.4 Å². The number of hydrogen-bond acceptors (Lipinski definition) is 5. The molecule has 7 heteroatoms. The molecule has 1 saturated heterocycles. The highest BCUT2D eigenvalue weighted by Gasteiger charge is 2.31. The van der Waals surface area contributed by atoms with Crippen molar-refractivity contribution in [3.8, 4) is 0 Å². The summed E-state index contributed by atoms with van der Waals surface area (Å²) in [6.45, 7) is 10.3. The van der Waals surface area contributed by atoms with Crippen LogP contribution in [0, 0.1) is 0 Å². The van der Waals surface area contributed by atoms with E-state index >= 15 is 0 Å². The third kappa shape index (κ3) is 7.40. The van der Waals surface area contributed by atoms with Gasteiger partial charge in [0.2, 0.25) is 5.91 Å². The van der Waals surface area contributed by atoms with E-state index in [9.17, 15) is 4.79 Å². The molecule has 2 fully saturated rings. The molecule has 0 spiro atoms. The lowest BCUT2D eigenvalue weighted by molar-refractivity contribution is -0.132. The number of anilines is 2. The maximum Gasteiger partial charge on any atom is 0.245 e. The number of fused-ring (bicyclic) bond motifs is 1. The molecule has 2 aromatic rings. The summed E-state index contributed by atoms with van der Waals surface area (Å²) in [4.78, 5) is 21.4. The second-order valence-corrected chi connectivity index (χ2v) is 11.8. The van der Waals surface area contributed by atoms with Gasteiger partial charge >= 0.3 is 0 Å². The monoisotopic (exact) mass is 556 g/mol. The van der Waals surface area contributed by atoms with Crippen molar-refractivity contribution < 1.29 is 4.79 Å². The van der Waals surface area contributed by atoms with Crippen LogP contribution in [0.25, 0.3) is 0 Å². The first-order valence-corrected chi connectivity index (χ1v) is 15.9. The zero-order chi connectivity index (χ0) is 26.9. The van der Waals surface area contributed by atoms with Crippen LogP contribution in [0.5, 0.6) is 0 Å². The lowest BCUT2D eigenvalue weighted by Gasteiger charge is -2.41. The highest BCUT2D eigenvalue weighted by molar-refractivity contribution is 7.97. The fourth-order valence-corrected chi connectivity index (χ4v) is 6.86. The number of carbonyl (C=O) groups excluding carboxylic acids is 1. The first-order chi connectivity index (χ1) is 18.6. The van der Waals surface area contributed by atoms with Crippen LogP contribution in [0.3, 0.4) is 0 Å². The number of aryl methyl sites for hydroxylation is 1. The van der Waals surface area contributed by atoms with Crippen molar-refractivity contribution >= 4 is 40.8 Å². The quantitative estimate of drug-likeness (QED) is 0.301. The van der Waals surface area contributed by atoms with Crippen molar-refractivity contribution in [2.24, 2.45) is 0 Å². The molecule has 0 aromatic heterocycles. The molecule has 5 nitrogen and oxygen atoms in total. The Hall–Kier alpha value is -1.89. The summed E-state index contributed by atoms with van der Waals surface area (Å²) in [6.07, 6.45) is 10.2. The van der Waals surface area contributed by atoms with Crippen molar-refractivity contribution in [1.82, 2.24) is 9.62 Å². The number of benzene rings is 2. The Balaban J connectivity index is 0.00000164. The van der Waals surface area contributed by atoms with Crippen LogP contribution < -0.4 is 14.5 Å². The molecular formula is C31H45ClN4OS. The number of piperazine rings is 1. The van der Waals surface area contributed by atoms with Gasteiger partial charge in [0.15, 0.2) is 0 Å². The zero-order valence-electron chi connectivity index (χ0n) is 23.4. The molecule has 1 unspecified atom stereocenters. The Morgan fingerprint density at radius 1 is 0.921 bits per heavy atom. The maximum atomic E-state index is 13.4. The predicted octanol–water partition coefficient (Wildman–Crippen LogP) is 7.18. The number of nitrogens with one attached hydrogen (secondary N) is 1.